The lowest BCUT2D eigenvalue weighted by molar-refractivity contribution is -0.127. The fourth-order valence-electron chi connectivity index (χ4n) is 8.18. The molecule has 0 amide bonds. The lowest BCUT2D eigenvalue weighted by Gasteiger charge is -2.57. The third-order valence-electron chi connectivity index (χ3n) is 10.4. The molecule has 3 fully saturated rings. The number of hydrogen-bond acceptors (Lipinski definition) is 1. The summed E-state index contributed by atoms with van der Waals surface area (Å²) in [5.41, 5.74) is 4.14. The zero-order valence-corrected chi connectivity index (χ0v) is 19.7. The predicted octanol–water partition coefficient (Wildman–Crippen LogP) is 7.76. The lowest BCUT2D eigenvalue weighted by Crippen LogP contribution is -2.49. The molecule has 4 aliphatic carbocycles. The first-order valence-corrected chi connectivity index (χ1v) is 12.6. The van der Waals surface area contributed by atoms with Gasteiger partial charge in [0.15, 0.2) is 0 Å². The van der Waals surface area contributed by atoms with Crippen LogP contribution in [-0.2, 0) is 4.79 Å². The zero-order valence-electron chi connectivity index (χ0n) is 19.7. The van der Waals surface area contributed by atoms with E-state index in [1.54, 1.807) is 0 Å². The molecule has 1 nitrogen and oxygen atoms in total. The summed E-state index contributed by atoms with van der Waals surface area (Å²) in [6, 6.07) is 0. The highest BCUT2D eigenvalue weighted by molar-refractivity contribution is 5.79. The first kappa shape index (κ1) is 21.4. The van der Waals surface area contributed by atoms with Crippen molar-refractivity contribution in [1.82, 2.24) is 0 Å². The van der Waals surface area contributed by atoms with Gasteiger partial charge in [-0.25, -0.2) is 0 Å². The van der Waals surface area contributed by atoms with Gasteiger partial charge in [0.05, 0.1) is 0 Å². The minimum Gasteiger partial charge on any atom is -0.300 e. The van der Waals surface area contributed by atoms with E-state index >= 15 is 0 Å². The van der Waals surface area contributed by atoms with Crippen LogP contribution in [0, 0.1) is 46.3 Å². The molecule has 7 atom stereocenters. The van der Waals surface area contributed by atoms with Crippen molar-refractivity contribution in [2.75, 3.05) is 0 Å². The smallest absolute Gasteiger partial charge is 0.133 e. The molecule has 0 aromatic heterocycles. The maximum atomic E-state index is 12.1. The van der Waals surface area contributed by atoms with E-state index in [0.29, 0.717) is 28.4 Å². The van der Waals surface area contributed by atoms with Crippen molar-refractivity contribution in [3.8, 4) is 0 Å². The van der Waals surface area contributed by atoms with E-state index in [1.165, 1.54) is 44.1 Å². The topological polar surface area (TPSA) is 17.1 Å². The number of rotatable bonds is 5. The molecule has 0 aliphatic heterocycles. The van der Waals surface area contributed by atoms with Crippen LogP contribution in [0.4, 0.5) is 0 Å². The lowest BCUT2D eigenvalue weighted by atomic mass is 9.47. The Kier molecular flexibility index (Phi) is 5.67. The Labute approximate surface area is 179 Å². The van der Waals surface area contributed by atoms with Crippen LogP contribution in [0.15, 0.2) is 23.8 Å². The van der Waals surface area contributed by atoms with Gasteiger partial charge in [0.1, 0.15) is 5.78 Å². The van der Waals surface area contributed by atoms with Crippen LogP contribution in [0.25, 0.3) is 0 Å². The van der Waals surface area contributed by atoms with Gasteiger partial charge in [0, 0.05) is 12.8 Å². The summed E-state index contributed by atoms with van der Waals surface area (Å²) in [7, 11) is 0. The molecule has 0 saturated heterocycles. The number of carbonyl (C=O) groups excluding carboxylic acids is 1. The largest absolute Gasteiger partial charge is 0.300 e. The van der Waals surface area contributed by atoms with E-state index < -0.39 is 0 Å². The van der Waals surface area contributed by atoms with E-state index in [2.05, 4.69) is 47.3 Å². The van der Waals surface area contributed by atoms with Crippen LogP contribution < -0.4 is 0 Å². The van der Waals surface area contributed by atoms with Crippen molar-refractivity contribution in [2.24, 2.45) is 46.3 Å². The molecule has 0 N–H and O–H groups in total. The Hall–Kier alpha value is -0.850. The SMILES string of the molecule is C=C(CC[C@@H](C)[C@H]1CC[C@H]2C3=CCC4CC(=O)CC[C@]4(C)[C@H]3CC[C@]12C)C(C)C. The quantitative estimate of drug-likeness (QED) is 0.434. The number of ketones is 1. The van der Waals surface area contributed by atoms with Crippen molar-refractivity contribution < 1.29 is 4.79 Å². The third kappa shape index (κ3) is 3.49. The molecule has 3 saturated carbocycles. The summed E-state index contributed by atoms with van der Waals surface area (Å²) >= 11 is 0. The second-order valence-corrected chi connectivity index (χ2v) is 12.0. The second-order valence-electron chi connectivity index (χ2n) is 12.0. The van der Waals surface area contributed by atoms with E-state index in [0.717, 1.165) is 49.4 Å². The third-order valence-corrected chi connectivity index (χ3v) is 10.4. The minimum absolute atomic E-state index is 0.387. The van der Waals surface area contributed by atoms with E-state index in [9.17, 15) is 4.79 Å². The summed E-state index contributed by atoms with van der Waals surface area (Å²) in [6.45, 7) is 16.6. The minimum atomic E-state index is 0.387. The van der Waals surface area contributed by atoms with Gasteiger partial charge in [-0.1, -0.05) is 58.4 Å². The molecular formula is C28H44O. The summed E-state index contributed by atoms with van der Waals surface area (Å²) in [4.78, 5) is 12.1. The average Bonchev–Trinajstić information content (AvgIpc) is 3.03. The summed E-state index contributed by atoms with van der Waals surface area (Å²) < 4.78 is 0. The Morgan fingerprint density at radius 1 is 1.10 bits per heavy atom. The average molecular weight is 397 g/mol. The molecule has 162 valence electrons. The summed E-state index contributed by atoms with van der Waals surface area (Å²) in [5.74, 6) is 4.97. The molecule has 0 aromatic carbocycles. The van der Waals surface area contributed by atoms with Crippen LogP contribution in [-0.4, -0.2) is 5.78 Å². The highest BCUT2D eigenvalue weighted by Gasteiger charge is 2.58. The Bertz CT molecular complexity index is 699. The highest BCUT2D eigenvalue weighted by Crippen LogP contribution is 2.66. The van der Waals surface area contributed by atoms with Gasteiger partial charge in [-0.05, 0) is 97.7 Å². The second kappa shape index (κ2) is 7.69. The molecule has 4 aliphatic rings. The van der Waals surface area contributed by atoms with Gasteiger partial charge < -0.3 is 0 Å². The molecule has 1 heteroatoms. The van der Waals surface area contributed by atoms with Crippen LogP contribution >= 0.6 is 0 Å². The van der Waals surface area contributed by atoms with Crippen LogP contribution in [0.1, 0.15) is 98.8 Å². The highest BCUT2D eigenvalue weighted by atomic mass is 16.1. The summed E-state index contributed by atoms with van der Waals surface area (Å²) in [6.07, 6.45) is 14.7. The van der Waals surface area contributed by atoms with Crippen LogP contribution in [0.5, 0.6) is 0 Å². The fraction of sp³-hybridized carbons (Fsp3) is 0.821. The van der Waals surface area contributed by atoms with Crippen molar-refractivity contribution in [3.63, 3.8) is 0 Å². The molecule has 0 bridgehead atoms. The van der Waals surface area contributed by atoms with Crippen molar-refractivity contribution in [2.45, 2.75) is 98.8 Å². The molecule has 0 radical (unpaired) electrons. The first-order chi connectivity index (χ1) is 13.7. The van der Waals surface area contributed by atoms with Gasteiger partial charge in [-0.15, -0.1) is 0 Å². The van der Waals surface area contributed by atoms with Gasteiger partial charge >= 0.3 is 0 Å². The summed E-state index contributed by atoms with van der Waals surface area (Å²) in [5, 5.41) is 0. The molecule has 0 spiro atoms. The Morgan fingerprint density at radius 3 is 2.55 bits per heavy atom. The Balaban J connectivity index is 1.51. The number of fused-ring (bicyclic) bond motifs is 5. The normalized spacial score (nSPS) is 42.7. The molecule has 4 rings (SSSR count). The fourth-order valence-corrected chi connectivity index (χ4v) is 8.18. The van der Waals surface area contributed by atoms with Gasteiger partial charge in [-0.3, -0.25) is 4.79 Å². The predicted molar refractivity (Wildman–Crippen MR) is 123 cm³/mol. The standard InChI is InChI=1S/C28H44O/c1-18(2)19(3)7-8-20(4)24-11-12-25-23-10-9-21-17-22(29)13-15-27(21,5)26(23)14-16-28(24,25)6/h10,18,20-21,24-26H,3,7-9,11-17H2,1-2,4-6H3/t20-,21?,24-,25+,26+,27+,28-/m1/s1. The maximum absolute atomic E-state index is 12.1. The van der Waals surface area contributed by atoms with E-state index in [4.69, 9.17) is 0 Å². The van der Waals surface area contributed by atoms with Gasteiger partial charge in [0.2, 0.25) is 0 Å². The van der Waals surface area contributed by atoms with Crippen molar-refractivity contribution in [1.29, 1.82) is 0 Å². The van der Waals surface area contributed by atoms with Gasteiger partial charge in [-0.2, -0.15) is 0 Å². The van der Waals surface area contributed by atoms with Crippen molar-refractivity contribution >= 4 is 5.78 Å². The molecule has 0 heterocycles. The van der Waals surface area contributed by atoms with E-state index in [1.807, 2.05) is 5.57 Å². The van der Waals surface area contributed by atoms with Crippen molar-refractivity contribution in [3.05, 3.63) is 23.8 Å². The van der Waals surface area contributed by atoms with E-state index in [-0.39, 0.29) is 0 Å². The molecule has 29 heavy (non-hydrogen) atoms. The van der Waals surface area contributed by atoms with Crippen LogP contribution in [0.2, 0.25) is 0 Å². The zero-order chi connectivity index (χ0) is 21.0. The Morgan fingerprint density at radius 2 is 1.83 bits per heavy atom. The molecule has 1 unspecified atom stereocenters. The number of allylic oxidation sites excluding steroid dienone is 3. The maximum Gasteiger partial charge on any atom is 0.133 e. The number of hydrogen-bond donors (Lipinski definition) is 0. The molecule has 0 aromatic rings. The van der Waals surface area contributed by atoms with Gasteiger partial charge in [0.25, 0.3) is 0 Å². The number of carbonyl (C=O) groups is 1. The monoisotopic (exact) mass is 396 g/mol. The first-order valence-electron chi connectivity index (χ1n) is 12.6. The number of Topliss-reactive ketones (excluding diaryl/α,β-unsaturated/α-hetero) is 1. The van der Waals surface area contributed by atoms with Crippen LogP contribution in [0.3, 0.4) is 0 Å². The molecular weight excluding hydrogens is 352 g/mol.